The fourth-order valence-electron chi connectivity index (χ4n) is 4.83. The normalized spacial score (nSPS) is 19.0. The Morgan fingerprint density at radius 1 is 1.03 bits per heavy atom. The number of primary amides is 1. The van der Waals surface area contributed by atoms with E-state index in [-0.39, 0.29) is 17.9 Å². The molecule has 3 amide bonds. The Balaban J connectivity index is 1.32. The summed E-state index contributed by atoms with van der Waals surface area (Å²) in [5.41, 5.74) is 7.87. The number of nitrogens with two attached hydrogens (primary N) is 1. The molecule has 0 unspecified atom stereocenters. The van der Waals surface area contributed by atoms with Crippen molar-refractivity contribution < 1.29 is 9.59 Å². The number of hydrogen-bond acceptors (Lipinski definition) is 6. The van der Waals surface area contributed by atoms with Crippen LogP contribution < -0.4 is 11.1 Å². The highest BCUT2D eigenvalue weighted by molar-refractivity contribution is 6.42. The van der Waals surface area contributed by atoms with Crippen LogP contribution in [0.4, 0.5) is 10.7 Å². The monoisotopic (exact) mass is 526 g/mol. The largest absolute Gasteiger partial charge is 0.351 e. The molecule has 3 aliphatic rings. The third-order valence-electron chi connectivity index (χ3n) is 6.86. The lowest BCUT2D eigenvalue weighted by molar-refractivity contribution is -0.131. The summed E-state index contributed by atoms with van der Waals surface area (Å²) < 4.78 is 1.91. The Hall–Kier alpha value is -3.37. The first-order valence-corrected chi connectivity index (χ1v) is 12.6. The van der Waals surface area contributed by atoms with Crippen LogP contribution >= 0.6 is 23.2 Å². The molecule has 1 saturated carbocycles. The molecule has 2 fully saturated rings. The molecule has 2 aliphatic heterocycles. The van der Waals surface area contributed by atoms with Gasteiger partial charge in [-0.1, -0.05) is 23.2 Å². The van der Waals surface area contributed by atoms with Crippen LogP contribution in [0.2, 0.25) is 10.0 Å². The van der Waals surface area contributed by atoms with Crippen molar-refractivity contribution in [1.29, 1.82) is 0 Å². The molecule has 1 saturated heterocycles. The summed E-state index contributed by atoms with van der Waals surface area (Å²) >= 11 is 12.4. The predicted octanol–water partition coefficient (Wildman–Crippen LogP) is 3.45. The van der Waals surface area contributed by atoms with E-state index in [0.717, 1.165) is 42.8 Å². The van der Waals surface area contributed by atoms with E-state index in [4.69, 9.17) is 38.9 Å². The van der Waals surface area contributed by atoms with Gasteiger partial charge in [0.15, 0.2) is 0 Å². The van der Waals surface area contributed by atoms with Gasteiger partial charge in [0.25, 0.3) is 0 Å². The van der Waals surface area contributed by atoms with Crippen LogP contribution in [0.5, 0.6) is 0 Å². The van der Waals surface area contributed by atoms with Crippen molar-refractivity contribution in [2.75, 3.05) is 18.4 Å². The van der Waals surface area contributed by atoms with Crippen LogP contribution in [0, 0.1) is 5.92 Å². The number of benzene rings is 1. The van der Waals surface area contributed by atoms with Gasteiger partial charge >= 0.3 is 6.03 Å². The molecular formula is C24H24Cl2N8O2. The van der Waals surface area contributed by atoms with Gasteiger partial charge in [-0.25, -0.2) is 14.8 Å². The minimum atomic E-state index is -0.507. The van der Waals surface area contributed by atoms with Gasteiger partial charge in [-0.2, -0.15) is 4.98 Å². The van der Waals surface area contributed by atoms with Crippen LogP contribution in [0.3, 0.4) is 0 Å². The number of likely N-dealkylation sites (tertiary alicyclic amines) is 1. The van der Waals surface area contributed by atoms with Crippen LogP contribution in [-0.2, 0) is 17.9 Å². The Morgan fingerprint density at radius 3 is 2.61 bits per heavy atom. The molecule has 4 heterocycles. The lowest BCUT2D eigenvalue weighted by Gasteiger charge is -2.18. The standard InChI is InChI=1S/C24H24Cl2N8O2/c25-16-4-3-14(9-17(16)26)21-30-18-11-33(23(27)36)12-19(18)34(21)20-5-7-28-24(31-20)29-15-6-8-32(10-15)22(35)13-1-2-13/h3-5,7,9,13,15H,1-2,6,8,10-12H2,(H2,27,36)(H,28,29,31)/t15-/m1/s1. The zero-order valence-electron chi connectivity index (χ0n) is 19.3. The van der Waals surface area contributed by atoms with E-state index < -0.39 is 6.03 Å². The average Bonchev–Trinajstić information content (AvgIpc) is 3.29. The Kier molecular flexibility index (Phi) is 5.72. The Morgan fingerprint density at radius 2 is 1.86 bits per heavy atom. The predicted molar refractivity (Wildman–Crippen MR) is 135 cm³/mol. The second kappa shape index (κ2) is 8.94. The lowest BCUT2D eigenvalue weighted by atomic mass is 10.2. The van der Waals surface area contributed by atoms with Gasteiger partial charge in [0, 0.05) is 36.8 Å². The van der Waals surface area contributed by atoms with Crippen LogP contribution in [0.1, 0.15) is 30.7 Å². The quantitative estimate of drug-likeness (QED) is 0.524. The first-order chi connectivity index (χ1) is 17.4. The van der Waals surface area contributed by atoms with E-state index in [1.807, 2.05) is 15.5 Å². The Bertz CT molecular complexity index is 1370. The second-order valence-corrected chi connectivity index (χ2v) is 10.2. The first kappa shape index (κ1) is 23.1. The van der Waals surface area contributed by atoms with Crippen LogP contribution in [-0.4, -0.2) is 60.4 Å². The van der Waals surface area contributed by atoms with Crippen molar-refractivity contribution in [3.63, 3.8) is 0 Å². The number of fused-ring (bicyclic) bond motifs is 1. The number of imidazole rings is 1. The summed E-state index contributed by atoms with van der Waals surface area (Å²) in [6.45, 7) is 2.01. The number of nitrogens with one attached hydrogen (secondary N) is 1. The van der Waals surface area contributed by atoms with E-state index in [0.29, 0.717) is 47.3 Å². The average molecular weight is 527 g/mol. The van der Waals surface area contributed by atoms with E-state index in [1.54, 1.807) is 24.4 Å². The minimum absolute atomic E-state index is 0.0800. The minimum Gasteiger partial charge on any atom is -0.351 e. The molecule has 0 spiro atoms. The van der Waals surface area contributed by atoms with Crippen LogP contribution in [0.15, 0.2) is 30.5 Å². The van der Waals surface area contributed by atoms with Crippen LogP contribution in [0.25, 0.3) is 17.2 Å². The molecular weight excluding hydrogens is 503 g/mol. The van der Waals surface area contributed by atoms with Gasteiger partial charge in [0.05, 0.1) is 34.5 Å². The summed E-state index contributed by atoms with van der Waals surface area (Å²) in [4.78, 5) is 41.7. The van der Waals surface area contributed by atoms with Gasteiger partial charge in [0.1, 0.15) is 11.6 Å². The number of nitrogens with zero attached hydrogens (tertiary/aromatic N) is 6. The van der Waals surface area contributed by atoms with Gasteiger partial charge < -0.3 is 20.9 Å². The van der Waals surface area contributed by atoms with Crippen molar-refractivity contribution in [2.45, 2.75) is 38.4 Å². The van der Waals surface area contributed by atoms with Gasteiger partial charge in [0.2, 0.25) is 11.9 Å². The highest BCUT2D eigenvalue weighted by Crippen LogP contribution is 2.35. The van der Waals surface area contributed by atoms with Crippen molar-refractivity contribution >= 4 is 41.1 Å². The summed E-state index contributed by atoms with van der Waals surface area (Å²) in [5, 5.41) is 4.25. The molecule has 36 heavy (non-hydrogen) atoms. The molecule has 0 radical (unpaired) electrons. The number of urea groups is 1. The number of aromatic nitrogens is 4. The number of hydrogen-bond donors (Lipinski definition) is 2. The van der Waals surface area contributed by atoms with Gasteiger partial charge in [-0.05, 0) is 43.5 Å². The maximum Gasteiger partial charge on any atom is 0.315 e. The number of amides is 3. The maximum atomic E-state index is 12.4. The number of anilines is 1. The van der Waals surface area contributed by atoms with E-state index in [2.05, 4.69) is 10.3 Å². The lowest BCUT2D eigenvalue weighted by Crippen LogP contribution is -2.32. The van der Waals surface area contributed by atoms with Gasteiger partial charge in [-0.15, -0.1) is 0 Å². The molecule has 10 nitrogen and oxygen atoms in total. The summed E-state index contributed by atoms with van der Waals surface area (Å²) in [6.07, 6.45) is 4.53. The van der Waals surface area contributed by atoms with E-state index >= 15 is 0 Å². The maximum absolute atomic E-state index is 12.4. The van der Waals surface area contributed by atoms with Crippen molar-refractivity contribution in [3.8, 4) is 17.2 Å². The molecule has 0 bridgehead atoms. The summed E-state index contributed by atoms with van der Waals surface area (Å²) in [5.74, 6) is 2.16. The first-order valence-electron chi connectivity index (χ1n) is 11.9. The molecule has 1 atom stereocenters. The number of rotatable bonds is 5. The molecule has 2 aromatic heterocycles. The Labute approximate surface area is 217 Å². The van der Waals surface area contributed by atoms with Crippen molar-refractivity contribution in [2.24, 2.45) is 11.7 Å². The summed E-state index contributed by atoms with van der Waals surface area (Å²) in [6, 6.07) is 6.69. The number of carbonyl (C=O) groups is 2. The molecule has 3 aromatic rings. The fourth-order valence-corrected chi connectivity index (χ4v) is 5.13. The molecule has 1 aliphatic carbocycles. The fraction of sp³-hybridized carbons (Fsp3) is 0.375. The highest BCUT2D eigenvalue weighted by atomic mass is 35.5. The topological polar surface area (TPSA) is 122 Å². The third kappa shape index (κ3) is 4.24. The van der Waals surface area contributed by atoms with Gasteiger partial charge in [-0.3, -0.25) is 9.36 Å². The number of carbonyl (C=O) groups excluding carboxylic acids is 2. The van der Waals surface area contributed by atoms with Crippen molar-refractivity contribution in [3.05, 3.63) is 51.9 Å². The smallest absolute Gasteiger partial charge is 0.315 e. The third-order valence-corrected chi connectivity index (χ3v) is 7.60. The molecule has 6 rings (SSSR count). The van der Waals surface area contributed by atoms with Crippen molar-refractivity contribution in [1.82, 2.24) is 29.3 Å². The molecule has 12 heteroatoms. The molecule has 3 N–H and O–H groups in total. The molecule has 186 valence electrons. The zero-order valence-corrected chi connectivity index (χ0v) is 20.8. The highest BCUT2D eigenvalue weighted by Gasteiger charge is 2.37. The number of halogens is 2. The van der Waals surface area contributed by atoms with E-state index in [9.17, 15) is 9.59 Å². The summed E-state index contributed by atoms with van der Waals surface area (Å²) in [7, 11) is 0. The second-order valence-electron chi connectivity index (χ2n) is 9.41. The zero-order chi connectivity index (χ0) is 25.0. The SMILES string of the molecule is NC(=O)N1Cc2nc(-c3ccc(Cl)c(Cl)c3)n(-c3ccnc(N[C@@H]4CCN(C(=O)C5CC5)C4)n3)c2C1. The molecule has 1 aromatic carbocycles. The van der Waals surface area contributed by atoms with E-state index in [1.165, 1.54) is 4.90 Å².